The second kappa shape index (κ2) is 4.09. The fourth-order valence-electron chi connectivity index (χ4n) is 2.34. The van der Waals surface area contributed by atoms with E-state index in [4.69, 9.17) is 0 Å². The van der Waals surface area contributed by atoms with E-state index in [1.165, 1.54) is 0 Å². The van der Waals surface area contributed by atoms with Crippen LogP contribution in [0.4, 0.5) is 4.39 Å². The maximum Gasteiger partial charge on any atom is 0.143 e. The summed E-state index contributed by atoms with van der Waals surface area (Å²) in [6.45, 7) is 2.51. The van der Waals surface area contributed by atoms with E-state index < -0.39 is 5.60 Å². The molecule has 16 heavy (non-hydrogen) atoms. The van der Waals surface area contributed by atoms with Gasteiger partial charge in [-0.3, -0.25) is 0 Å². The number of benzene rings is 1. The Bertz CT molecular complexity index is 400. The fraction of sp³-hybridized carbons (Fsp3) is 0.500. The van der Waals surface area contributed by atoms with Crippen molar-refractivity contribution in [1.82, 2.24) is 4.90 Å². The molecule has 0 spiro atoms. The maximum atomic E-state index is 13.9. The lowest BCUT2D eigenvalue weighted by molar-refractivity contribution is 0.0448. The SMILES string of the molecule is CC1CC(O)(c2cccc(Br)c2F)CN1C. The van der Waals surface area contributed by atoms with E-state index >= 15 is 0 Å². The highest BCUT2D eigenvalue weighted by molar-refractivity contribution is 9.10. The van der Waals surface area contributed by atoms with E-state index in [0.717, 1.165) is 0 Å². The van der Waals surface area contributed by atoms with Crippen LogP contribution in [0.1, 0.15) is 18.9 Å². The van der Waals surface area contributed by atoms with E-state index in [1.807, 2.05) is 18.9 Å². The number of aliphatic hydroxyl groups is 1. The molecule has 0 aromatic heterocycles. The largest absolute Gasteiger partial charge is 0.384 e. The van der Waals surface area contributed by atoms with Crippen LogP contribution < -0.4 is 0 Å². The van der Waals surface area contributed by atoms with Gasteiger partial charge in [0.05, 0.1) is 4.47 Å². The second-order valence-corrected chi connectivity index (χ2v) is 5.46. The van der Waals surface area contributed by atoms with Crippen LogP contribution in [0.3, 0.4) is 0 Å². The second-order valence-electron chi connectivity index (χ2n) is 4.60. The van der Waals surface area contributed by atoms with E-state index in [-0.39, 0.29) is 11.9 Å². The molecule has 1 aliphatic heterocycles. The molecule has 1 aromatic rings. The Kier molecular flexibility index (Phi) is 3.07. The highest BCUT2D eigenvalue weighted by Gasteiger charge is 2.42. The van der Waals surface area contributed by atoms with Crippen molar-refractivity contribution >= 4 is 15.9 Å². The van der Waals surface area contributed by atoms with Gasteiger partial charge in [0.25, 0.3) is 0 Å². The minimum atomic E-state index is -1.07. The van der Waals surface area contributed by atoms with E-state index in [2.05, 4.69) is 15.9 Å². The molecule has 1 N–H and O–H groups in total. The van der Waals surface area contributed by atoms with Crippen LogP contribution in [0.5, 0.6) is 0 Å². The Labute approximate surface area is 103 Å². The van der Waals surface area contributed by atoms with Gasteiger partial charge in [-0.1, -0.05) is 12.1 Å². The average Bonchev–Trinajstić information content (AvgIpc) is 2.46. The van der Waals surface area contributed by atoms with Gasteiger partial charge in [-0.2, -0.15) is 0 Å². The Hall–Kier alpha value is -0.450. The lowest BCUT2D eigenvalue weighted by atomic mass is 9.91. The van der Waals surface area contributed by atoms with Gasteiger partial charge in [-0.15, -0.1) is 0 Å². The van der Waals surface area contributed by atoms with Crippen molar-refractivity contribution in [1.29, 1.82) is 0 Å². The van der Waals surface area contributed by atoms with Crippen molar-refractivity contribution in [3.05, 3.63) is 34.1 Å². The molecule has 0 aliphatic carbocycles. The summed E-state index contributed by atoms with van der Waals surface area (Å²) in [6, 6.07) is 5.32. The molecule has 1 aromatic carbocycles. The number of likely N-dealkylation sites (tertiary alicyclic amines) is 1. The zero-order chi connectivity index (χ0) is 11.9. The summed E-state index contributed by atoms with van der Waals surface area (Å²) in [7, 11) is 1.94. The predicted octanol–water partition coefficient (Wildman–Crippen LogP) is 2.50. The Morgan fingerprint density at radius 3 is 2.81 bits per heavy atom. The van der Waals surface area contributed by atoms with E-state index in [9.17, 15) is 9.50 Å². The minimum absolute atomic E-state index is 0.267. The first-order valence-electron chi connectivity index (χ1n) is 5.31. The molecule has 4 heteroatoms. The summed E-state index contributed by atoms with van der Waals surface area (Å²) in [5.74, 6) is -0.354. The van der Waals surface area contributed by atoms with Gasteiger partial charge < -0.3 is 10.0 Å². The first-order valence-corrected chi connectivity index (χ1v) is 6.10. The molecule has 1 heterocycles. The third kappa shape index (κ3) is 1.90. The van der Waals surface area contributed by atoms with Crippen molar-refractivity contribution in [3.8, 4) is 0 Å². The third-order valence-electron chi connectivity index (χ3n) is 3.35. The summed E-state index contributed by atoms with van der Waals surface area (Å²) in [5, 5.41) is 10.5. The monoisotopic (exact) mass is 287 g/mol. The number of hydrogen-bond acceptors (Lipinski definition) is 2. The molecule has 0 amide bonds. The quantitative estimate of drug-likeness (QED) is 0.858. The number of halogens is 2. The van der Waals surface area contributed by atoms with Crippen molar-refractivity contribution in [2.45, 2.75) is 25.0 Å². The fourth-order valence-corrected chi connectivity index (χ4v) is 2.70. The summed E-state index contributed by atoms with van der Waals surface area (Å²) in [5.41, 5.74) is -0.680. The van der Waals surface area contributed by atoms with Crippen LogP contribution in [-0.2, 0) is 5.60 Å². The lowest BCUT2D eigenvalue weighted by Gasteiger charge is -2.23. The molecule has 2 rings (SSSR count). The molecule has 0 bridgehead atoms. The molecule has 1 saturated heterocycles. The predicted molar refractivity (Wildman–Crippen MR) is 64.7 cm³/mol. The first-order chi connectivity index (χ1) is 7.44. The average molecular weight is 288 g/mol. The van der Waals surface area contributed by atoms with Crippen molar-refractivity contribution < 1.29 is 9.50 Å². The Morgan fingerprint density at radius 2 is 2.25 bits per heavy atom. The minimum Gasteiger partial charge on any atom is -0.384 e. The normalized spacial score (nSPS) is 30.9. The number of β-amino-alcohol motifs (C(OH)–C–C–N with tert-alkyl or cyclic N) is 1. The molecule has 2 nitrogen and oxygen atoms in total. The molecule has 1 aliphatic rings. The standard InChI is InChI=1S/C12H15BrFNO/c1-8-6-12(16,7-15(8)2)9-4-3-5-10(13)11(9)14/h3-5,8,16H,6-7H2,1-2H3. The van der Waals surface area contributed by atoms with Crippen molar-refractivity contribution in [2.24, 2.45) is 0 Å². The zero-order valence-corrected chi connectivity index (χ0v) is 11.0. The number of hydrogen-bond donors (Lipinski definition) is 1. The van der Waals surface area contributed by atoms with Gasteiger partial charge in [-0.05, 0) is 42.4 Å². The number of rotatable bonds is 1. The molecule has 0 saturated carbocycles. The zero-order valence-electron chi connectivity index (χ0n) is 9.37. The Morgan fingerprint density at radius 1 is 1.56 bits per heavy atom. The van der Waals surface area contributed by atoms with Crippen LogP contribution in [0.15, 0.2) is 22.7 Å². The Balaban J connectivity index is 2.41. The molecule has 88 valence electrons. The van der Waals surface area contributed by atoms with Gasteiger partial charge in [0, 0.05) is 18.2 Å². The highest BCUT2D eigenvalue weighted by Crippen LogP contribution is 2.37. The molecule has 2 atom stereocenters. The van der Waals surface area contributed by atoms with Crippen molar-refractivity contribution in [2.75, 3.05) is 13.6 Å². The highest BCUT2D eigenvalue weighted by atomic mass is 79.9. The van der Waals surface area contributed by atoms with Gasteiger partial charge in [0.2, 0.25) is 0 Å². The van der Waals surface area contributed by atoms with Crippen LogP contribution in [-0.4, -0.2) is 29.6 Å². The maximum absolute atomic E-state index is 13.9. The molecular weight excluding hydrogens is 273 g/mol. The van der Waals surface area contributed by atoms with E-state index in [0.29, 0.717) is 23.0 Å². The third-order valence-corrected chi connectivity index (χ3v) is 3.96. The van der Waals surface area contributed by atoms with Gasteiger partial charge >= 0.3 is 0 Å². The summed E-state index contributed by atoms with van der Waals surface area (Å²) >= 11 is 3.15. The van der Waals surface area contributed by atoms with Crippen molar-refractivity contribution in [3.63, 3.8) is 0 Å². The molecular formula is C12H15BrFNO. The molecule has 2 unspecified atom stereocenters. The molecule has 1 fully saturated rings. The van der Waals surface area contributed by atoms with Crippen LogP contribution >= 0.6 is 15.9 Å². The van der Waals surface area contributed by atoms with Gasteiger partial charge in [0.15, 0.2) is 0 Å². The number of nitrogens with zero attached hydrogens (tertiary/aromatic N) is 1. The summed E-state index contributed by atoms with van der Waals surface area (Å²) in [6.07, 6.45) is 0.566. The summed E-state index contributed by atoms with van der Waals surface area (Å²) < 4.78 is 14.3. The molecule has 0 radical (unpaired) electrons. The first kappa shape index (κ1) is 12.0. The number of likely N-dealkylation sites (N-methyl/N-ethyl adjacent to an activating group) is 1. The topological polar surface area (TPSA) is 23.5 Å². The van der Waals surface area contributed by atoms with Gasteiger partial charge in [-0.25, -0.2) is 4.39 Å². The smallest absolute Gasteiger partial charge is 0.143 e. The van der Waals surface area contributed by atoms with E-state index in [1.54, 1.807) is 18.2 Å². The summed E-state index contributed by atoms with van der Waals surface area (Å²) in [4.78, 5) is 2.04. The van der Waals surface area contributed by atoms with Crippen LogP contribution in [0, 0.1) is 5.82 Å². The van der Waals surface area contributed by atoms with Gasteiger partial charge in [0.1, 0.15) is 11.4 Å². The van der Waals surface area contributed by atoms with Crippen LogP contribution in [0.25, 0.3) is 0 Å². The van der Waals surface area contributed by atoms with Crippen LogP contribution in [0.2, 0.25) is 0 Å². The lowest BCUT2D eigenvalue weighted by Crippen LogP contribution is -2.30.